The molecule has 236 valence electrons. The van der Waals surface area contributed by atoms with Gasteiger partial charge < -0.3 is 0 Å². The molecular weight excluding hydrogens is 626 g/mol. The van der Waals surface area contributed by atoms with Crippen molar-refractivity contribution in [2.45, 2.75) is 49.5 Å². The Morgan fingerprint density at radius 3 is 2.44 bits per heavy atom. The molecule has 0 spiro atoms. The first kappa shape index (κ1) is 30.7. The molecule has 2 aliphatic rings. The summed E-state index contributed by atoms with van der Waals surface area (Å²) in [5, 5.41) is 7.33. The van der Waals surface area contributed by atoms with Crippen molar-refractivity contribution in [3.63, 3.8) is 0 Å². The lowest BCUT2D eigenvalue weighted by Gasteiger charge is -2.45. The third-order valence-corrected chi connectivity index (χ3v) is 10.2. The summed E-state index contributed by atoms with van der Waals surface area (Å²) in [5.41, 5.74) is -0.289. The van der Waals surface area contributed by atoms with Gasteiger partial charge in [0.25, 0.3) is 10.0 Å². The van der Waals surface area contributed by atoms with Gasteiger partial charge in [-0.2, -0.15) is 36.5 Å². The summed E-state index contributed by atoms with van der Waals surface area (Å²) in [7, 11) is -3.11. The molecule has 0 radical (unpaired) electrons. The molecule has 1 saturated carbocycles. The molecule has 3 aromatic heterocycles. The zero-order chi connectivity index (χ0) is 32.3. The lowest BCUT2D eigenvalue weighted by Crippen LogP contribution is -2.49. The number of allylic oxidation sites excluding steroid dienone is 1. The third-order valence-electron chi connectivity index (χ3n) is 8.41. The monoisotopic (exact) mass is 650 g/mol. The van der Waals surface area contributed by atoms with Gasteiger partial charge in [0.05, 0.1) is 28.6 Å². The van der Waals surface area contributed by atoms with Gasteiger partial charge in [0.1, 0.15) is 11.5 Å². The van der Waals surface area contributed by atoms with Gasteiger partial charge in [0.2, 0.25) is 0 Å². The molecule has 0 aliphatic heterocycles. The second-order valence-electron chi connectivity index (χ2n) is 11.0. The van der Waals surface area contributed by atoms with E-state index in [4.69, 9.17) is 0 Å². The molecule has 0 unspecified atom stereocenters. The van der Waals surface area contributed by atoms with Crippen molar-refractivity contribution in [3.8, 4) is 5.69 Å². The van der Waals surface area contributed by atoms with E-state index in [0.29, 0.717) is 28.7 Å². The van der Waals surface area contributed by atoms with Gasteiger partial charge >= 0.3 is 12.7 Å². The molecule has 2 aliphatic carbocycles. The van der Waals surface area contributed by atoms with Crippen molar-refractivity contribution in [2.24, 2.45) is 5.41 Å². The van der Waals surface area contributed by atoms with Crippen molar-refractivity contribution in [3.05, 3.63) is 95.0 Å². The minimum Gasteiger partial charge on any atom is -0.291 e. The van der Waals surface area contributed by atoms with E-state index in [0.717, 1.165) is 28.7 Å². The Bertz CT molecular complexity index is 1900. The zero-order valence-electron chi connectivity index (χ0n) is 23.4. The van der Waals surface area contributed by atoms with E-state index in [1.807, 2.05) is 0 Å². The van der Waals surface area contributed by atoms with Crippen LogP contribution in [-0.4, -0.2) is 56.1 Å². The smallest absolute Gasteiger partial charge is 0.291 e. The number of hydrogen-bond acceptors (Lipinski definition) is 6. The lowest BCUT2D eigenvalue weighted by molar-refractivity contribution is -0.137. The second kappa shape index (κ2) is 10.9. The fourth-order valence-electron chi connectivity index (χ4n) is 6.03. The van der Waals surface area contributed by atoms with E-state index in [2.05, 4.69) is 15.2 Å². The van der Waals surface area contributed by atoms with Crippen LogP contribution in [0.4, 0.5) is 26.3 Å². The quantitative estimate of drug-likeness (QED) is 0.188. The number of aromatic nitrogens is 5. The van der Waals surface area contributed by atoms with E-state index in [9.17, 15) is 39.6 Å². The minimum atomic E-state index is -4.67. The number of fused-ring (bicyclic) bond motifs is 2. The maximum Gasteiger partial charge on any atom is 0.417 e. The number of pyridine rings is 1. The van der Waals surface area contributed by atoms with Crippen molar-refractivity contribution >= 4 is 21.9 Å². The average molecular weight is 651 g/mol. The van der Waals surface area contributed by atoms with Gasteiger partial charge in [-0.1, -0.05) is 5.57 Å². The highest BCUT2D eigenvalue weighted by Gasteiger charge is 2.51. The number of sulfonamides is 1. The Balaban J connectivity index is 1.40. The van der Waals surface area contributed by atoms with Crippen LogP contribution >= 0.6 is 0 Å². The van der Waals surface area contributed by atoms with E-state index in [1.54, 1.807) is 10.8 Å². The van der Waals surface area contributed by atoms with Gasteiger partial charge in [0, 0.05) is 25.5 Å². The van der Waals surface area contributed by atoms with Gasteiger partial charge in [0.15, 0.2) is 10.8 Å². The van der Waals surface area contributed by atoms with Gasteiger partial charge in [-0.05, 0) is 79.8 Å². The molecule has 1 fully saturated rings. The number of benzene rings is 1. The standard InChI is InChI=1S/C29H24F6N6O3S/c1-39(45(43,44)25-10-11-40(38-25)27(31)32)22-6-2-18-12-24-17(15-37-41(24)21-7-4-20(30)5-8-21)13-28(18,14-22)26(42)23-9-3-19(16-36-23)29(33,34)35/h3-5,7-12,15-16,22,27H,2,6,13-14H2,1H3/t22-,28-/m0/s1. The normalized spacial score (nSPS) is 20.2. The summed E-state index contributed by atoms with van der Waals surface area (Å²) in [6.45, 7) is -3.05. The summed E-state index contributed by atoms with van der Waals surface area (Å²) in [4.78, 5) is 18.1. The molecular formula is C29H24F6N6O3S. The summed E-state index contributed by atoms with van der Waals surface area (Å²) < 4.78 is 109. The molecule has 0 N–H and O–H groups in total. The number of rotatable bonds is 7. The first-order valence-electron chi connectivity index (χ1n) is 13.6. The van der Waals surface area contributed by atoms with Crippen molar-refractivity contribution in [1.29, 1.82) is 0 Å². The highest BCUT2D eigenvalue weighted by atomic mass is 32.2. The topological polar surface area (TPSA) is 103 Å². The molecule has 0 amide bonds. The predicted octanol–water partition coefficient (Wildman–Crippen LogP) is 5.70. The van der Waals surface area contributed by atoms with Crippen LogP contribution in [0.25, 0.3) is 11.8 Å². The number of halogens is 6. The number of hydrogen-bond donors (Lipinski definition) is 0. The highest BCUT2D eigenvalue weighted by molar-refractivity contribution is 7.89. The Morgan fingerprint density at radius 1 is 1.09 bits per heavy atom. The molecule has 1 aromatic carbocycles. The maximum atomic E-state index is 14.3. The Morgan fingerprint density at radius 2 is 1.82 bits per heavy atom. The van der Waals surface area contributed by atoms with Crippen molar-refractivity contribution in [1.82, 2.24) is 28.9 Å². The van der Waals surface area contributed by atoms with Crippen molar-refractivity contribution in [2.75, 3.05) is 7.05 Å². The first-order valence-corrected chi connectivity index (χ1v) is 15.1. The lowest BCUT2D eigenvalue weighted by atomic mass is 9.60. The second-order valence-corrected chi connectivity index (χ2v) is 12.9. The maximum absolute atomic E-state index is 14.3. The first-order chi connectivity index (χ1) is 21.2. The molecule has 6 rings (SSSR count). The average Bonchev–Trinajstić information content (AvgIpc) is 3.67. The Labute approximate surface area is 252 Å². The Kier molecular flexibility index (Phi) is 7.47. The number of ketones is 1. The van der Waals surface area contributed by atoms with Crippen LogP contribution in [0, 0.1) is 11.2 Å². The fraction of sp³-hybridized carbons (Fsp3) is 0.310. The van der Waals surface area contributed by atoms with Crippen LogP contribution in [0.2, 0.25) is 0 Å². The number of carbonyl (C=O) groups excluding carboxylic acids is 1. The molecule has 45 heavy (non-hydrogen) atoms. The van der Waals surface area contributed by atoms with Gasteiger partial charge in [-0.15, -0.1) is 0 Å². The zero-order valence-corrected chi connectivity index (χ0v) is 24.2. The molecule has 2 atom stereocenters. The molecule has 4 aromatic rings. The number of carbonyl (C=O) groups is 1. The summed E-state index contributed by atoms with van der Waals surface area (Å²) in [5.74, 6) is -1.04. The van der Waals surface area contributed by atoms with E-state index < -0.39 is 56.4 Å². The minimum absolute atomic E-state index is 0.0291. The van der Waals surface area contributed by atoms with Crippen LogP contribution in [0.5, 0.6) is 0 Å². The van der Waals surface area contributed by atoms with Crippen LogP contribution < -0.4 is 0 Å². The van der Waals surface area contributed by atoms with Crippen LogP contribution in [0.15, 0.2) is 71.7 Å². The third kappa shape index (κ3) is 5.35. The molecule has 3 heterocycles. The molecule has 0 bridgehead atoms. The molecule has 0 saturated heterocycles. The van der Waals surface area contributed by atoms with Crippen LogP contribution in [0.3, 0.4) is 0 Å². The van der Waals surface area contributed by atoms with Crippen LogP contribution in [0.1, 0.15) is 53.1 Å². The SMILES string of the molecule is CN([C@H]1CCC2=Cc3c(cnn3-c3ccc(F)cc3)C[C@]2(C(=O)c2ccc(C(F)(F)F)cn2)C1)S(=O)(=O)c1ccn(C(F)F)n1. The van der Waals surface area contributed by atoms with Gasteiger partial charge in [-0.25, -0.2) is 22.2 Å². The number of alkyl halides is 5. The summed E-state index contributed by atoms with van der Waals surface area (Å²) >= 11 is 0. The number of Topliss-reactive ketones (excluding diaryl/α,β-unsaturated/α-hetero) is 1. The van der Waals surface area contributed by atoms with Gasteiger partial charge in [-0.3, -0.25) is 9.78 Å². The van der Waals surface area contributed by atoms with E-state index in [-0.39, 0.29) is 36.1 Å². The predicted molar refractivity (Wildman–Crippen MR) is 147 cm³/mol. The highest BCUT2D eigenvalue weighted by Crippen LogP contribution is 2.51. The largest absolute Gasteiger partial charge is 0.417 e. The van der Waals surface area contributed by atoms with Crippen LogP contribution in [-0.2, 0) is 22.6 Å². The molecule has 16 heteroatoms. The van der Waals surface area contributed by atoms with E-state index in [1.165, 1.54) is 37.5 Å². The molecule has 9 nitrogen and oxygen atoms in total. The Hall–Kier alpha value is -4.31. The van der Waals surface area contributed by atoms with E-state index >= 15 is 0 Å². The van der Waals surface area contributed by atoms with Crippen molar-refractivity contribution < 1.29 is 39.6 Å². The fourth-order valence-corrected chi connectivity index (χ4v) is 7.33. The number of nitrogens with zero attached hydrogens (tertiary/aromatic N) is 6. The summed E-state index contributed by atoms with van der Waals surface area (Å²) in [6.07, 6.45) is 0.447. The summed E-state index contributed by atoms with van der Waals surface area (Å²) in [6, 6.07) is 7.52.